The van der Waals surface area contributed by atoms with E-state index in [9.17, 15) is 0 Å². The smallest absolute Gasteiger partial charge is 0.00987 e. The summed E-state index contributed by atoms with van der Waals surface area (Å²) in [6.07, 6.45) is 16.6. The van der Waals surface area contributed by atoms with E-state index in [1.807, 2.05) is 0 Å². The molecule has 0 spiro atoms. The van der Waals surface area contributed by atoms with Gasteiger partial charge in [0, 0.05) is 0 Å². The van der Waals surface area contributed by atoms with Crippen LogP contribution >= 0.6 is 0 Å². The predicted molar refractivity (Wildman–Crippen MR) is 174 cm³/mol. The van der Waals surface area contributed by atoms with Crippen LogP contribution in [-0.2, 0) is 6.42 Å². The third-order valence-corrected chi connectivity index (χ3v) is 8.79. The molecule has 6 aromatic rings. The van der Waals surface area contributed by atoms with Crippen LogP contribution in [0.25, 0.3) is 53.9 Å². The van der Waals surface area contributed by atoms with Crippen molar-refractivity contribution in [1.29, 1.82) is 0 Å². The Kier molecular flexibility index (Phi) is 8.10. The molecular weight excluding hydrogens is 468 g/mol. The Labute approximate surface area is 234 Å². The van der Waals surface area contributed by atoms with E-state index in [2.05, 4.69) is 97.9 Å². The molecule has 0 aromatic heterocycles. The third kappa shape index (κ3) is 5.81. The van der Waals surface area contributed by atoms with Gasteiger partial charge < -0.3 is 0 Å². The third-order valence-electron chi connectivity index (χ3n) is 8.79. The number of unbranched alkanes of at least 4 members (excludes halogenated alkanes) is 10. The molecule has 0 radical (unpaired) electrons. The molecule has 0 heteroatoms. The lowest BCUT2D eigenvalue weighted by Gasteiger charge is -2.11. The van der Waals surface area contributed by atoms with Crippen molar-refractivity contribution < 1.29 is 0 Å². The summed E-state index contributed by atoms with van der Waals surface area (Å²) in [6.45, 7) is 2.30. The fraction of sp³-hybridized carbons (Fsp3) is 0.333. The molecule has 0 saturated heterocycles. The molecule has 0 atom stereocenters. The van der Waals surface area contributed by atoms with Crippen LogP contribution in [-0.4, -0.2) is 0 Å². The number of aryl methyl sites for hydroxylation is 1. The molecule has 0 fully saturated rings. The van der Waals surface area contributed by atoms with Crippen molar-refractivity contribution in [3.05, 3.63) is 96.6 Å². The molecule has 6 aromatic carbocycles. The Morgan fingerprint density at radius 1 is 0.359 bits per heavy atom. The van der Waals surface area contributed by atoms with Crippen LogP contribution in [0.4, 0.5) is 0 Å². The van der Waals surface area contributed by atoms with Gasteiger partial charge in [-0.25, -0.2) is 0 Å². The highest BCUT2D eigenvalue weighted by Gasteiger charge is 2.08. The summed E-state index contributed by atoms with van der Waals surface area (Å²) in [5, 5.41) is 13.4. The van der Waals surface area contributed by atoms with Crippen molar-refractivity contribution in [2.75, 3.05) is 0 Å². The number of hydrogen-bond donors (Lipinski definition) is 0. The monoisotopic (exact) mass is 510 g/mol. The topological polar surface area (TPSA) is 0 Å². The van der Waals surface area contributed by atoms with E-state index in [1.54, 1.807) is 0 Å². The molecule has 0 heterocycles. The quantitative estimate of drug-likeness (QED) is 0.0872. The SMILES string of the molecule is CCCCCCCCCCCCCc1ccc2cc3c(ccc4c5cc6ccccc6cc5ccc34)cc2c1. The van der Waals surface area contributed by atoms with E-state index < -0.39 is 0 Å². The highest BCUT2D eigenvalue weighted by molar-refractivity contribution is 6.20. The molecule has 0 unspecified atom stereocenters. The van der Waals surface area contributed by atoms with Gasteiger partial charge in [-0.2, -0.15) is 0 Å². The molecule has 198 valence electrons. The average Bonchev–Trinajstić information content (AvgIpc) is 2.97. The van der Waals surface area contributed by atoms with Gasteiger partial charge in [0.15, 0.2) is 0 Å². The fourth-order valence-corrected chi connectivity index (χ4v) is 6.51. The number of fused-ring (bicyclic) bond motifs is 7. The van der Waals surface area contributed by atoms with Crippen LogP contribution in [0, 0.1) is 0 Å². The van der Waals surface area contributed by atoms with Gasteiger partial charge >= 0.3 is 0 Å². The summed E-state index contributed by atoms with van der Waals surface area (Å²) >= 11 is 0. The van der Waals surface area contributed by atoms with Gasteiger partial charge in [0.2, 0.25) is 0 Å². The zero-order valence-electron chi connectivity index (χ0n) is 23.6. The largest absolute Gasteiger partial charge is 0.0654 e. The normalized spacial score (nSPS) is 11.9. The second-order valence-electron chi connectivity index (χ2n) is 11.7. The Morgan fingerprint density at radius 2 is 0.846 bits per heavy atom. The lowest BCUT2D eigenvalue weighted by Crippen LogP contribution is -1.88. The van der Waals surface area contributed by atoms with Crippen LogP contribution < -0.4 is 0 Å². The maximum absolute atomic E-state index is 2.43. The van der Waals surface area contributed by atoms with Gasteiger partial charge in [0.25, 0.3) is 0 Å². The minimum atomic E-state index is 1.20. The molecule has 0 amide bonds. The van der Waals surface area contributed by atoms with Gasteiger partial charge in [-0.15, -0.1) is 0 Å². The Morgan fingerprint density at radius 3 is 1.46 bits per heavy atom. The molecular formula is C39H42. The van der Waals surface area contributed by atoms with Crippen molar-refractivity contribution >= 4 is 53.9 Å². The van der Waals surface area contributed by atoms with E-state index in [0.717, 1.165) is 0 Å². The average molecular weight is 511 g/mol. The number of rotatable bonds is 12. The van der Waals surface area contributed by atoms with Crippen LogP contribution in [0.3, 0.4) is 0 Å². The first-order chi connectivity index (χ1) is 19.3. The zero-order chi connectivity index (χ0) is 26.4. The molecule has 6 rings (SSSR count). The van der Waals surface area contributed by atoms with Gasteiger partial charge in [-0.1, -0.05) is 138 Å². The highest BCUT2D eigenvalue weighted by Crippen LogP contribution is 2.35. The Balaban J connectivity index is 1.14. The lowest BCUT2D eigenvalue weighted by atomic mass is 9.93. The Hall–Kier alpha value is -3.38. The molecule has 0 N–H and O–H groups in total. The summed E-state index contributed by atoms with van der Waals surface area (Å²) in [5.74, 6) is 0. The summed E-state index contributed by atoms with van der Waals surface area (Å²) in [7, 11) is 0. The van der Waals surface area contributed by atoms with Gasteiger partial charge in [0.05, 0.1) is 0 Å². The summed E-state index contributed by atoms with van der Waals surface area (Å²) in [5.41, 5.74) is 1.48. The second kappa shape index (κ2) is 12.2. The number of hydrogen-bond acceptors (Lipinski definition) is 0. The van der Waals surface area contributed by atoms with E-state index in [-0.39, 0.29) is 0 Å². The van der Waals surface area contributed by atoms with Gasteiger partial charge in [-0.05, 0) is 96.5 Å². The molecule has 0 bridgehead atoms. The van der Waals surface area contributed by atoms with Crippen molar-refractivity contribution in [2.45, 2.75) is 84.0 Å². The molecule has 0 aliphatic heterocycles. The first-order valence-corrected chi connectivity index (χ1v) is 15.5. The van der Waals surface area contributed by atoms with Crippen molar-refractivity contribution in [3.63, 3.8) is 0 Å². The molecule has 0 nitrogen and oxygen atoms in total. The first-order valence-electron chi connectivity index (χ1n) is 15.5. The molecule has 0 aliphatic carbocycles. The predicted octanol–water partition coefficient (Wildman–Crippen LogP) is 12.3. The van der Waals surface area contributed by atoms with E-state index in [1.165, 1.54) is 136 Å². The molecule has 0 aliphatic rings. The second-order valence-corrected chi connectivity index (χ2v) is 11.7. The summed E-state index contributed by atoms with van der Waals surface area (Å²) in [4.78, 5) is 0. The molecule has 0 saturated carbocycles. The van der Waals surface area contributed by atoms with Crippen LogP contribution in [0.15, 0.2) is 91.0 Å². The van der Waals surface area contributed by atoms with Crippen molar-refractivity contribution in [3.8, 4) is 0 Å². The minimum Gasteiger partial charge on any atom is -0.0654 e. The van der Waals surface area contributed by atoms with Gasteiger partial charge in [-0.3, -0.25) is 0 Å². The fourth-order valence-electron chi connectivity index (χ4n) is 6.51. The van der Waals surface area contributed by atoms with E-state index in [4.69, 9.17) is 0 Å². The van der Waals surface area contributed by atoms with Crippen LogP contribution in [0.1, 0.15) is 83.1 Å². The maximum Gasteiger partial charge on any atom is -0.00987 e. The zero-order valence-corrected chi connectivity index (χ0v) is 23.6. The van der Waals surface area contributed by atoms with Crippen LogP contribution in [0.2, 0.25) is 0 Å². The minimum absolute atomic E-state index is 1.20. The van der Waals surface area contributed by atoms with E-state index >= 15 is 0 Å². The first kappa shape index (κ1) is 25.9. The lowest BCUT2D eigenvalue weighted by molar-refractivity contribution is 0.549. The number of benzene rings is 6. The van der Waals surface area contributed by atoms with Crippen molar-refractivity contribution in [1.82, 2.24) is 0 Å². The van der Waals surface area contributed by atoms with Crippen LogP contribution in [0.5, 0.6) is 0 Å². The summed E-state index contributed by atoms with van der Waals surface area (Å²) in [6, 6.07) is 34.6. The Bertz CT molecular complexity index is 1720. The van der Waals surface area contributed by atoms with E-state index in [0.29, 0.717) is 0 Å². The maximum atomic E-state index is 2.43. The highest BCUT2D eigenvalue weighted by atomic mass is 14.1. The molecule has 39 heavy (non-hydrogen) atoms. The van der Waals surface area contributed by atoms with Gasteiger partial charge in [0.1, 0.15) is 0 Å². The summed E-state index contributed by atoms with van der Waals surface area (Å²) < 4.78 is 0. The van der Waals surface area contributed by atoms with Crippen molar-refractivity contribution in [2.24, 2.45) is 0 Å². The standard InChI is InChI=1S/C39H42/c1-2-3-4-5-6-7-8-9-10-11-12-15-29-18-19-32-28-39-34(26-35(32)24-29)21-23-36-37(39)22-20-33-25-30-16-13-14-17-31(30)27-38(33)36/h13-14,16-28H,2-12,15H2,1H3.